The number of aromatic nitrogens is 4. The fourth-order valence-electron chi connectivity index (χ4n) is 2.57. The number of nitrogens with one attached hydrogen (secondary N) is 1. The molecule has 0 bridgehead atoms. The van der Waals surface area contributed by atoms with E-state index in [1.165, 1.54) is 6.07 Å². The summed E-state index contributed by atoms with van der Waals surface area (Å²) in [4.78, 5) is 0.967. The summed E-state index contributed by atoms with van der Waals surface area (Å²) in [6.45, 7) is 0.836. The number of benzene rings is 2. The van der Waals surface area contributed by atoms with E-state index in [1.807, 2.05) is 31.3 Å². The van der Waals surface area contributed by atoms with Crippen LogP contribution in [-0.4, -0.2) is 33.9 Å². The van der Waals surface area contributed by atoms with Crippen LogP contribution in [0, 0.1) is 10.6 Å². The standard InChI is InChI=1S/C17H17ClFN5OS/c1-22(10-14-15(18)4-3-5-16(14)19)11-23-17(26)24(21-20-23)12-6-8-13(25-2)9-7-12/h3-9H,10-11H2,1-2H3/p+1. The molecule has 3 aromatic rings. The number of quaternary nitrogens is 1. The molecule has 1 unspecified atom stereocenters. The topological polar surface area (TPSA) is 49.3 Å². The fraction of sp³-hybridized carbons (Fsp3) is 0.235. The summed E-state index contributed by atoms with van der Waals surface area (Å²) in [5.41, 5.74) is 1.26. The van der Waals surface area contributed by atoms with Crippen LogP contribution in [0.25, 0.3) is 5.69 Å². The summed E-state index contributed by atoms with van der Waals surface area (Å²) < 4.78 is 22.7. The number of methoxy groups -OCH3 is 1. The molecule has 9 heteroatoms. The van der Waals surface area contributed by atoms with Crippen LogP contribution in [0.15, 0.2) is 42.5 Å². The van der Waals surface area contributed by atoms with Gasteiger partial charge in [-0.3, -0.25) is 0 Å². The Morgan fingerprint density at radius 2 is 1.92 bits per heavy atom. The minimum absolute atomic E-state index is 0.317. The van der Waals surface area contributed by atoms with Gasteiger partial charge in [-0.15, -0.1) is 0 Å². The molecule has 0 aliphatic rings. The van der Waals surface area contributed by atoms with E-state index in [0.29, 0.717) is 28.6 Å². The van der Waals surface area contributed by atoms with Crippen molar-refractivity contribution in [1.29, 1.82) is 0 Å². The third-order valence-electron chi connectivity index (χ3n) is 3.92. The number of hydrogen-bond donors (Lipinski definition) is 1. The minimum Gasteiger partial charge on any atom is -0.497 e. The van der Waals surface area contributed by atoms with Crippen LogP contribution in [0.3, 0.4) is 0 Å². The Morgan fingerprint density at radius 3 is 2.58 bits per heavy atom. The second-order valence-electron chi connectivity index (χ2n) is 5.86. The molecule has 1 atom stereocenters. The van der Waals surface area contributed by atoms with E-state index in [4.69, 9.17) is 28.6 Å². The summed E-state index contributed by atoms with van der Waals surface area (Å²) >= 11 is 11.6. The van der Waals surface area contributed by atoms with Crippen LogP contribution in [0.1, 0.15) is 5.56 Å². The van der Waals surface area contributed by atoms with Gasteiger partial charge in [0, 0.05) is 0 Å². The van der Waals surface area contributed by atoms with Crippen molar-refractivity contribution >= 4 is 23.8 Å². The first kappa shape index (κ1) is 18.5. The predicted octanol–water partition coefficient (Wildman–Crippen LogP) is 2.27. The molecular weight excluding hydrogens is 377 g/mol. The summed E-state index contributed by atoms with van der Waals surface area (Å²) in [5.74, 6) is 0.431. The van der Waals surface area contributed by atoms with Crippen molar-refractivity contribution in [2.75, 3.05) is 14.2 Å². The highest BCUT2D eigenvalue weighted by Gasteiger charge is 2.15. The highest BCUT2D eigenvalue weighted by Crippen LogP contribution is 2.17. The number of rotatable bonds is 6. The Kier molecular flexibility index (Phi) is 5.65. The zero-order valence-electron chi connectivity index (χ0n) is 14.3. The molecule has 0 aliphatic carbocycles. The molecule has 1 N–H and O–H groups in total. The largest absolute Gasteiger partial charge is 0.497 e. The molecule has 0 saturated heterocycles. The maximum atomic E-state index is 13.9. The van der Waals surface area contributed by atoms with Crippen molar-refractivity contribution < 1.29 is 14.0 Å². The first-order chi connectivity index (χ1) is 12.5. The molecule has 6 nitrogen and oxygen atoms in total. The van der Waals surface area contributed by atoms with E-state index in [2.05, 4.69) is 10.4 Å². The maximum Gasteiger partial charge on any atom is 0.225 e. The van der Waals surface area contributed by atoms with Gasteiger partial charge in [-0.2, -0.15) is 9.36 Å². The highest BCUT2D eigenvalue weighted by molar-refractivity contribution is 7.71. The van der Waals surface area contributed by atoms with Gasteiger partial charge in [0.2, 0.25) is 4.77 Å². The van der Waals surface area contributed by atoms with E-state index >= 15 is 0 Å². The molecule has 1 heterocycles. The second kappa shape index (κ2) is 7.94. The SMILES string of the molecule is COc1ccc(-n2nnn(C[NH+](C)Cc3c(F)cccc3Cl)c2=S)cc1. The lowest BCUT2D eigenvalue weighted by atomic mass is 10.2. The molecule has 0 amide bonds. The molecule has 1 aromatic heterocycles. The van der Waals surface area contributed by atoms with Crippen molar-refractivity contribution in [2.24, 2.45) is 0 Å². The van der Waals surface area contributed by atoms with Crippen molar-refractivity contribution in [1.82, 2.24) is 19.8 Å². The normalized spacial score (nSPS) is 12.2. The van der Waals surface area contributed by atoms with Gasteiger partial charge in [-0.05, 0) is 59.0 Å². The highest BCUT2D eigenvalue weighted by atomic mass is 35.5. The molecule has 0 radical (unpaired) electrons. The second-order valence-corrected chi connectivity index (χ2v) is 6.64. The van der Waals surface area contributed by atoms with E-state index in [1.54, 1.807) is 28.6 Å². The van der Waals surface area contributed by atoms with Gasteiger partial charge in [-0.1, -0.05) is 17.7 Å². The quantitative estimate of drug-likeness (QED) is 0.652. The predicted molar refractivity (Wildman–Crippen MR) is 98.7 cm³/mol. The average molecular weight is 395 g/mol. The number of halogens is 2. The molecule has 26 heavy (non-hydrogen) atoms. The van der Waals surface area contributed by atoms with E-state index in [9.17, 15) is 4.39 Å². The number of tetrazole rings is 1. The Hall–Kier alpha value is -2.29. The molecule has 0 fully saturated rings. The third kappa shape index (κ3) is 3.92. The zero-order valence-corrected chi connectivity index (χ0v) is 15.9. The Bertz CT molecular complexity index is 936. The smallest absolute Gasteiger partial charge is 0.225 e. The third-order valence-corrected chi connectivity index (χ3v) is 4.65. The van der Waals surface area contributed by atoms with E-state index in [0.717, 1.165) is 16.3 Å². The van der Waals surface area contributed by atoms with Gasteiger partial charge in [0.25, 0.3) is 0 Å². The van der Waals surface area contributed by atoms with Crippen LogP contribution in [0.5, 0.6) is 5.75 Å². The lowest BCUT2D eigenvalue weighted by Gasteiger charge is -2.14. The van der Waals surface area contributed by atoms with Gasteiger partial charge < -0.3 is 9.64 Å². The summed E-state index contributed by atoms with van der Waals surface area (Å²) in [6, 6.07) is 12.0. The summed E-state index contributed by atoms with van der Waals surface area (Å²) in [7, 11) is 3.52. The van der Waals surface area contributed by atoms with Gasteiger partial charge >= 0.3 is 0 Å². The van der Waals surface area contributed by atoms with E-state index < -0.39 is 0 Å². The average Bonchev–Trinajstić information content (AvgIpc) is 2.99. The molecule has 2 aromatic carbocycles. The van der Waals surface area contributed by atoms with Crippen molar-refractivity contribution in [3.63, 3.8) is 0 Å². The van der Waals surface area contributed by atoms with Crippen LogP contribution < -0.4 is 9.64 Å². The van der Waals surface area contributed by atoms with Gasteiger partial charge in [-0.25, -0.2) is 4.39 Å². The number of nitrogens with zero attached hydrogens (tertiary/aromatic N) is 4. The van der Waals surface area contributed by atoms with Gasteiger partial charge in [0.05, 0.1) is 30.4 Å². The Labute approximate surface area is 160 Å². The lowest BCUT2D eigenvalue weighted by molar-refractivity contribution is -0.917. The van der Waals surface area contributed by atoms with Crippen molar-refractivity contribution in [3.8, 4) is 11.4 Å². The summed E-state index contributed by atoms with van der Waals surface area (Å²) in [5, 5.41) is 8.63. The minimum atomic E-state index is -0.317. The molecule has 3 rings (SSSR count). The van der Waals surface area contributed by atoms with Crippen molar-refractivity contribution in [2.45, 2.75) is 13.2 Å². The van der Waals surface area contributed by atoms with Crippen LogP contribution in [-0.2, 0) is 13.2 Å². The first-order valence-electron chi connectivity index (χ1n) is 7.91. The Morgan fingerprint density at radius 1 is 1.19 bits per heavy atom. The Balaban J connectivity index is 1.76. The molecule has 0 saturated carbocycles. The zero-order chi connectivity index (χ0) is 18.7. The lowest BCUT2D eigenvalue weighted by Crippen LogP contribution is -3.07. The van der Waals surface area contributed by atoms with Crippen LogP contribution >= 0.6 is 23.8 Å². The fourth-order valence-corrected chi connectivity index (χ4v) is 3.05. The van der Waals surface area contributed by atoms with E-state index in [-0.39, 0.29) is 5.82 Å². The molecule has 0 aliphatic heterocycles. The first-order valence-corrected chi connectivity index (χ1v) is 8.69. The number of hydrogen-bond acceptors (Lipinski definition) is 4. The van der Waals surface area contributed by atoms with Crippen molar-refractivity contribution in [3.05, 3.63) is 63.6 Å². The molecule has 136 valence electrons. The summed E-state index contributed by atoms with van der Waals surface area (Å²) in [6.07, 6.45) is 0. The maximum absolute atomic E-state index is 13.9. The van der Waals surface area contributed by atoms with Crippen LogP contribution in [0.4, 0.5) is 4.39 Å². The molecular formula is C17H18ClFN5OS+. The number of ether oxygens (including phenoxy) is 1. The van der Waals surface area contributed by atoms with Gasteiger partial charge in [0.15, 0.2) is 6.67 Å². The molecule has 0 spiro atoms. The monoisotopic (exact) mass is 394 g/mol. The van der Waals surface area contributed by atoms with Gasteiger partial charge in [0.1, 0.15) is 18.1 Å². The van der Waals surface area contributed by atoms with Crippen LogP contribution in [0.2, 0.25) is 5.02 Å².